The van der Waals surface area contributed by atoms with Gasteiger partial charge >= 0.3 is 6.09 Å². The number of hydrogen-bond acceptors (Lipinski definition) is 4. The van der Waals surface area contributed by atoms with Crippen LogP contribution in [-0.4, -0.2) is 39.7 Å². The maximum absolute atomic E-state index is 13.2. The second kappa shape index (κ2) is 9.38. The first-order valence-electron chi connectivity index (χ1n) is 10.4. The minimum absolute atomic E-state index is 0.0773. The van der Waals surface area contributed by atoms with Gasteiger partial charge in [0.1, 0.15) is 11.4 Å². The summed E-state index contributed by atoms with van der Waals surface area (Å²) < 4.78 is 7.14. The Bertz CT molecular complexity index is 955. The molecule has 0 spiro atoms. The Hall–Kier alpha value is -2.08. The Morgan fingerprint density at radius 1 is 1.17 bits per heavy atom. The number of nitrogens with zero attached hydrogens (tertiary/aromatic N) is 3. The van der Waals surface area contributed by atoms with Crippen LogP contribution >= 0.6 is 11.6 Å². The highest BCUT2D eigenvalue weighted by atomic mass is 35.5. The SMILES string of the molecule is CN(CCCCc1nc2cccc(Cl)c2c(=O)n1CC(C)(C)C)C(=O)OC(C)(C)C. The molecule has 0 aliphatic heterocycles. The number of benzene rings is 1. The standard InChI is InChI=1S/C23H34ClN3O3/c1-22(2,3)15-27-18(25-17-12-10-11-16(24)19(17)20(27)28)13-8-9-14-26(7)21(29)30-23(4,5)6/h10-12H,8-9,13-15H2,1-7H3. The van der Waals surface area contributed by atoms with Gasteiger partial charge in [0.05, 0.1) is 15.9 Å². The van der Waals surface area contributed by atoms with Crippen LogP contribution < -0.4 is 5.56 Å². The van der Waals surface area contributed by atoms with Gasteiger partial charge in [0.15, 0.2) is 0 Å². The molecule has 2 rings (SSSR count). The number of carbonyl (C=O) groups is 1. The molecule has 1 aromatic carbocycles. The second-order valence-electron chi connectivity index (χ2n) is 9.97. The summed E-state index contributed by atoms with van der Waals surface area (Å²) in [6, 6.07) is 5.36. The Morgan fingerprint density at radius 3 is 2.43 bits per heavy atom. The highest BCUT2D eigenvalue weighted by molar-refractivity contribution is 6.35. The first-order chi connectivity index (χ1) is 13.8. The molecule has 30 heavy (non-hydrogen) atoms. The molecule has 7 heteroatoms. The first kappa shape index (κ1) is 24.2. The molecule has 0 bridgehead atoms. The average molecular weight is 436 g/mol. The highest BCUT2D eigenvalue weighted by Gasteiger charge is 2.20. The van der Waals surface area contributed by atoms with Gasteiger partial charge in [0.2, 0.25) is 0 Å². The predicted octanol–water partition coefficient (Wildman–Crippen LogP) is 5.29. The molecule has 0 aliphatic rings. The molecule has 1 aromatic heterocycles. The zero-order valence-electron chi connectivity index (χ0n) is 19.2. The van der Waals surface area contributed by atoms with Gasteiger partial charge in [-0.05, 0) is 51.2 Å². The number of rotatable bonds is 6. The number of fused-ring (bicyclic) bond motifs is 1. The van der Waals surface area contributed by atoms with E-state index in [0.717, 1.165) is 18.7 Å². The largest absolute Gasteiger partial charge is 0.444 e. The van der Waals surface area contributed by atoms with Crippen molar-refractivity contribution < 1.29 is 9.53 Å². The topological polar surface area (TPSA) is 64.4 Å². The lowest BCUT2D eigenvalue weighted by atomic mass is 9.96. The van der Waals surface area contributed by atoms with E-state index >= 15 is 0 Å². The van der Waals surface area contributed by atoms with Crippen molar-refractivity contribution in [1.29, 1.82) is 0 Å². The van der Waals surface area contributed by atoms with Gasteiger partial charge < -0.3 is 9.64 Å². The molecular weight excluding hydrogens is 402 g/mol. The van der Waals surface area contributed by atoms with E-state index < -0.39 is 5.60 Å². The molecule has 166 valence electrons. The van der Waals surface area contributed by atoms with Gasteiger partial charge in [0, 0.05) is 26.6 Å². The molecule has 0 aliphatic carbocycles. The summed E-state index contributed by atoms with van der Waals surface area (Å²) in [5.41, 5.74) is -0.0588. The normalized spacial score (nSPS) is 12.3. The molecule has 0 saturated heterocycles. The van der Waals surface area contributed by atoms with Crippen LogP contribution in [0, 0.1) is 5.41 Å². The molecule has 2 aromatic rings. The number of unbranched alkanes of at least 4 members (excludes halogenated alkanes) is 1. The lowest BCUT2D eigenvalue weighted by Crippen LogP contribution is -2.34. The zero-order chi connectivity index (χ0) is 22.7. The van der Waals surface area contributed by atoms with Crippen LogP contribution in [-0.2, 0) is 17.7 Å². The number of carbonyl (C=O) groups excluding carboxylic acids is 1. The summed E-state index contributed by atoms with van der Waals surface area (Å²) in [6.07, 6.45) is 1.91. The maximum Gasteiger partial charge on any atom is 0.410 e. The van der Waals surface area contributed by atoms with E-state index in [9.17, 15) is 9.59 Å². The fourth-order valence-electron chi connectivity index (χ4n) is 3.16. The minimum atomic E-state index is -0.509. The lowest BCUT2D eigenvalue weighted by Gasteiger charge is -2.25. The van der Waals surface area contributed by atoms with Gasteiger partial charge in [-0.25, -0.2) is 9.78 Å². The Labute approximate surface area is 184 Å². The van der Waals surface area contributed by atoms with Crippen molar-refractivity contribution in [3.05, 3.63) is 39.4 Å². The van der Waals surface area contributed by atoms with Gasteiger partial charge in [-0.2, -0.15) is 0 Å². The monoisotopic (exact) mass is 435 g/mol. The first-order valence-corrected chi connectivity index (χ1v) is 10.8. The van der Waals surface area contributed by atoms with Crippen LogP contribution in [0.2, 0.25) is 5.02 Å². The van der Waals surface area contributed by atoms with Crippen molar-refractivity contribution in [2.75, 3.05) is 13.6 Å². The molecular formula is C23H34ClN3O3. The molecule has 1 heterocycles. The molecule has 0 fully saturated rings. The fourth-order valence-corrected chi connectivity index (χ4v) is 3.41. The molecule has 0 unspecified atom stereocenters. The van der Waals surface area contributed by atoms with Gasteiger partial charge in [-0.3, -0.25) is 9.36 Å². The quantitative estimate of drug-likeness (QED) is 0.578. The number of halogens is 1. The second-order valence-corrected chi connectivity index (χ2v) is 10.4. The van der Waals surface area contributed by atoms with Gasteiger partial charge in [-0.15, -0.1) is 0 Å². The molecule has 6 nitrogen and oxygen atoms in total. The van der Waals surface area contributed by atoms with E-state index in [0.29, 0.717) is 35.4 Å². The minimum Gasteiger partial charge on any atom is -0.444 e. The number of amides is 1. The Kier molecular flexibility index (Phi) is 7.56. The number of hydrogen-bond donors (Lipinski definition) is 0. The van der Waals surface area contributed by atoms with Crippen molar-refractivity contribution in [2.45, 2.75) is 73.0 Å². The van der Waals surface area contributed by atoms with E-state index in [-0.39, 0.29) is 17.1 Å². The van der Waals surface area contributed by atoms with Crippen molar-refractivity contribution in [2.24, 2.45) is 5.41 Å². The summed E-state index contributed by atoms with van der Waals surface area (Å²) in [5.74, 6) is 0.754. The third-order valence-electron chi connectivity index (χ3n) is 4.49. The van der Waals surface area contributed by atoms with Crippen LogP contribution in [0.1, 0.15) is 60.2 Å². The average Bonchev–Trinajstić information content (AvgIpc) is 2.59. The van der Waals surface area contributed by atoms with Crippen molar-refractivity contribution in [1.82, 2.24) is 14.5 Å². The highest BCUT2D eigenvalue weighted by Crippen LogP contribution is 2.22. The zero-order valence-corrected chi connectivity index (χ0v) is 20.0. The fraction of sp³-hybridized carbons (Fsp3) is 0.609. The summed E-state index contributed by atoms with van der Waals surface area (Å²) >= 11 is 6.29. The van der Waals surface area contributed by atoms with Crippen molar-refractivity contribution >= 4 is 28.6 Å². The summed E-state index contributed by atoms with van der Waals surface area (Å²) in [4.78, 5) is 31.6. The Morgan fingerprint density at radius 2 is 1.83 bits per heavy atom. The van der Waals surface area contributed by atoms with E-state index in [1.165, 1.54) is 0 Å². The maximum atomic E-state index is 13.2. The molecule has 1 amide bonds. The third-order valence-corrected chi connectivity index (χ3v) is 4.81. The van der Waals surface area contributed by atoms with Crippen LogP contribution in [0.3, 0.4) is 0 Å². The molecule has 0 radical (unpaired) electrons. The summed E-state index contributed by atoms with van der Waals surface area (Å²) in [5, 5.41) is 0.898. The van der Waals surface area contributed by atoms with Crippen molar-refractivity contribution in [3.8, 4) is 0 Å². The van der Waals surface area contributed by atoms with Crippen molar-refractivity contribution in [3.63, 3.8) is 0 Å². The van der Waals surface area contributed by atoms with Gasteiger partial charge in [-0.1, -0.05) is 38.4 Å². The van der Waals surface area contributed by atoms with E-state index in [4.69, 9.17) is 21.3 Å². The van der Waals surface area contributed by atoms with E-state index in [1.807, 2.05) is 32.9 Å². The summed E-state index contributed by atoms with van der Waals surface area (Å²) in [6.45, 7) is 13.0. The molecule has 0 saturated carbocycles. The number of aromatic nitrogens is 2. The number of aryl methyl sites for hydroxylation is 1. The number of ether oxygens (including phenoxy) is 1. The van der Waals surface area contributed by atoms with Crippen LogP contribution in [0.5, 0.6) is 0 Å². The molecule has 0 atom stereocenters. The third kappa shape index (κ3) is 6.73. The van der Waals surface area contributed by atoms with Crippen LogP contribution in [0.25, 0.3) is 10.9 Å². The van der Waals surface area contributed by atoms with Crippen LogP contribution in [0.4, 0.5) is 4.79 Å². The van der Waals surface area contributed by atoms with E-state index in [2.05, 4.69) is 20.8 Å². The van der Waals surface area contributed by atoms with E-state index in [1.54, 1.807) is 22.6 Å². The van der Waals surface area contributed by atoms with Crippen LogP contribution in [0.15, 0.2) is 23.0 Å². The summed E-state index contributed by atoms with van der Waals surface area (Å²) in [7, 11) is 1.74. The Balaban J connectivity index is 2.16. The smallest absolute Gasteiger partial charge is 0.410 e. The molecule has 0 N–H and O–H groups in total. The predicted molar refractivity (Wildman–Crippen MR) is 122 cm³/mol. The lowest BCUT2D eigenvalue weighted by molar-refractivity contribution is 0.0296. The van der Waals surface area contributed by atoms with Gasteiger partial charge in [0.25, 0.3) is 5.56 Å².